The number of nitrogens with zero attached hydrogens (tertiary/aromatic N) is 6. The molecule has 0 aromatic carbocycles. The standard InChI is InChI=1S/C20H21F3N6O3/c1-4-28(13(2)12-32-17-6-5-14(10-24-17)20(21,22)23)19(30)16-9-15(31-3)11-25-18(16)29-26-7-8-27-29/h5-11,13H,4,12H2,1-3H3. The molecule has 0 aliphatic carbocycles. The summed E-state index contributed by atoms with van der Waals surface area (Å²) in [5, 5.41) is 8.07. The minimum absolute atomic E-state index is 0.0185. The normalized spacial score (nSPS) is 12.3. The number of hydrogen-bond donors (Lipinski definition) is 0. The summed E-state index contributed by atoms with van der Waals surface area (Å²) >= 11 is 0. The van der Waals surface area contributed by atoms with Crippen LogP contribution in [0.15, 0.2) is 43.0 Å². The Morgan fingerprint density at radius 2 is 1.91 bits per heavy atom. The fourth-order valence-electron chi connectivity index (χ4n) is 2.93. The molecule has 1 atom stereocenters. The zero-order valence-corrected chi connectivity index (χ0v) is 17.6. The van der Waals surface area contributed by atoms with Crippen LogP contribution in [0.1, 0.15) is 29.8 Å². The van der Waals surface area contributed by atoms with Crippen LogP contribution in [0.25, 0.3) is 5.82 Å². The van der Waals surface area contributed by atoms with E-state index in [1.165, 1.54) is 35.4 Å². The summed E-state index contributed by atoms with van der Waals surface area (Å²) in [6.45, 7) is 3.91. The number of rotatable bonds is 8. The van der Waals surface area contributed by atoms with Crippen LogP contribution in [0.3, 0.4) is 0 Å². The van der Waals surface area contributed by atoms with Gasteiger partial charge in [-0.3, -0.25) is 4.79 Å². The minimum Gasteiger partial charge on any atom is -0.495 e. The van der Waals surface area contributed by atoms with Gasteiger partial charge in [-0.2, -0.15) is 23.4 Å². The molecule has 3 aromatic heterocycles. The smallest absolute Gasteiger partial charge is 0.417 e. The molecule has 3 rings (SSSR count). The van der Waals surface area contributed by atoms with Gasteiger partial charge in [0.25, 0.3) is 5.91 Å². The van der Waals surface area contributed by atoms with Crippen molar-refractivity contribution in [2.75, 3.05) is 20.3 Å². The highest BCUT2D eigenvalue weighted by Crippen LogP contribution is 2.29. The second-order valence-electron chi connectivity index (χ2n) is 6.70. The van der Waals surface area contributed by atoms with Crippen LogP contribution in [0.5, 0.6) is 11.6 Å². The number of amides is 1. The van der Waals surface area contributed by atoms with E-state index in [2.05, 4.69) is 20.2 Å². The summed E-state index contributed by atoms with van der Waals surface area (Å²) in [7, 11) is 1.46. The van der Waals surface area contributed by atoms with Gasteiger partial charge >= 0.3 is 6.18 Å². The molecule has 32 heavy (non-hydrogen) atoms. The highest BCUT2D eigenvalue weighted by Gasteiger charge is 2.31. The van der Waals surface area contributed by atoms with Crippen LogP contribution in [0.2, 0.25) is 0 Å². The van der Waals surface area contributed by atoms with E-state index in [0.29, 0.717) is 18.5 Å². The maximum Gasteiger partial charge on any atom is 0.417 e. The molecular weight excluding hydrogens is 429 g/mol. The Morgan fingerprint density at radius 3 is 2.47 bits per heavy atom. The Hall–Kier alpha value is -3.70. The van der Waals surface area contributed by atoms with Crippen molar-refractivity contribution in [2.24, 2.45) is 0 Å². The fraction of sp³-hybridized carbons (Fsp3) is 0.350. The Balaban J connectivity index is 1.77. The third-order valence-electron chi connectivity index (χ3n) is 4.59. The van der Waals surface area contributed by atoms with E-state index in [-0.39, 0.29) is 29.8 Å². The van der Waals surface area contributed by atoms with Gasteiger partial charge in [0.15, 0.2) is 5.82 Å². The molecule has 9 nitrogen and oxygen atoms in total. The topological polar surface area (TPSA) is 95.3 Å². The summed E-state index contributed by atoms with van der Waals surface area (Å²) in [4.78, 5) is 24.0. The maximum atomic E-state index is 13.3. The number of methoxy groups -OCH3 is 1. The fourth-order valence-corrected chi connectivity index (χ4v) is 2.93. The quantitative estimate of drug-likeness (QED) is 0.521. The second-order valence-corrected chi connectivity index (χ2v) is 6.70. The van der Waals surface area contributed by atoms with E-state index < -0.39 is 17.8 Å². The van der Waals surface area contributed by atoms with E-state index in [1.807, 2.05) is 0 Å². The van der Waals surface area contributed by atoms with Crippen molar-refractivity contribution in [3.63, 3.8) is 0 Å². The molecule has 12 heteroatoms. The van der Waals surface area contributed by atoms with Gasteiger partial charge in [-0.05, 0) is 26.0 Å². The largest absolute Gasteiger partial charge is 0.495 e. The predicted molar refractivity (Wildman–Crippen MR) is 107 cm³/mol. The lowest BCUT2D eigenvalue weighted by Crippen LogP contribution is -2.42. The number of aromatic nitrogens is 5. The molecule has 0 spiro atoms. The Bertz CT molecular complexity index is 1040. The van der Waals surface area contributed by atoms with Crippen molar-refractivity contribution in [1.29, 1.82) is 0 Å². The Morgan fingerprint density at radius 1 is 1.19 bits per heavy atom. The van der Waals surface area contributed by atoms with Crippen LogP contribution < -0.4 is 9.47 Å². The first kappa shape index (κ1) is 23.0. The first-order chi connectivity index (χ1) is 15.2. The molecule has 0 saturated heterocycles. The second kappa shape index (κ2) is 9.62. The van der Waals surface area contributed by atoms with Gasteiger partial charge in [0.05, 0.1) is 42.9 Å². The number of halogens is 3. The molecule has 0 saturated carbocycles. The van der Waals surface area contributed by atoms with Gasteiger partial charge in [-0.15, -0.1) is 4.80 Å². The van der Waals surface area contributed by atoms with Gasteiger partial charge in [0.1, 0.15) is 12.4 Å². The SMILES string of the molecule is CCN(C(=O)c1cc(OC)cnc1-n1nccn1)C(C)COc1ccc(C(F)(F)F)cn1. The highest BCUT2D eigenvalue weighted by atomic mass is 19.4. The van der Waals surface area contributed by atoms with Crippen molar-refractivity contribution in [3.8, 4) is 17.4 Å². The van der Waals surface area contributed by atoms with Crippen molar-refractivity contribution in [2.45, 2.75) is 26.1 Å². The monoisotopic (exact) mass is 450 g/mol. The van der Waals surface area contributed by atoms with Crippen molar-refractivity contribution in [3.05, 3.63) is 54.1 Å². The predicted octanol–water partition coefficient (Wildman–Crippen LogP) is 3.01. The number of pyridine rings is 2. The van der Waals surface area contributed by atoms with Crippen LogP contribution in [0, 0.1) is 0 Å². The molecule has 0 aliphatic rings. The molecule has 3 aromatic rings. The molecule has 0 aliphatic heterocycles. The lowest BCUT2D eigenvalue weighted by molar-refractivity contribution is -0.137. The molecule has 0 N–H and O–H groups in total. The third-order valence-corrected chi connectivity index (χ3v) is 4.59. The minimum atomic E-state index is -4.48. The molecule has 0 radical (unpaired) electrons. The lowest BCUT2D eigenvalue weighted by atomic mass is 10.2. The Labute approximate surface area is 181 Å². The summed E-state index contributed by atoms with van der Waals surface area (Å²) in [6, 6.07) is 3.14. The van der Waals surface area contributed by atoms with E-state index >= 15 is 0 Å². The van der Waals surface area contributed by atoms with E-state index in [0.717, 1.165) is 12.1 Å². The van der Waals surface area contributed by atoms with Crippen molar-refractivity contribution >= 4 is 5.91 Å². The van der Waals surface area contributed by atoms with Crippen LogP contribution >= 0.6 is 0 Å². The van der Waals surface area contributed by atoms with Gasteiger partial charge < -0.3 is 14.4 Å². The van der Waals surface area contributed by atoms with E-state index in [1.54, 1.807) is 19.9 Å². The zero-order valence-electron chi connectivity index (χ0n) is 17.6. The van der Waals surface area contributed by atoms with Gasteiger partial charge in [-0.1, -0.05) is 0 Å². The number of carbonyl (C=O) groups excluding carboxylic acids is 1. The molecule has 0 fully saturated rings. The Kier molecular flexibility index (Phi) is 6.91. The van der Waals surface area contributed by atoms with Crippen molar-refractivity contribution < 1.29 is 27.4 Å². The number of likely N-dealkylation sites (N-methyl/N-ethyl adjacent to an activating group) is 1. The van der Waals surface area contributed by atoms with Crippen LogP contribution in [-0.4, -0.2) is 62.1 Å². The molecule has 1 amide bonds. The van der Waals surface area contributed by atoms with Gasteiger partial charge in [-0.25, -0.2) is 9.97 Å². The average Bonchev–Trinajstić information content (AvgIpc) is 3.32. The molecule has 170 valence electrons. The number of hydrogen-bond acceptors (Lipinski definition) is 7. The molecule has 3 heterocycles. The number of ether oxygens (including phenoxy) is 2. The summed E-state index contributed by atoms with van der Waals surface area (Å²) in [5.41, 5.74) is -0.643. The molecule has 1 unspecified atom stereocenters. The summed E-state index contributed by atoms with van der Waals surface area (Å²) in [5.74, 6) is 0.287. The highest BCUT2D eigenvalue weighted by molar-refractivity contribution is 5.97. The molecular formula is C20H21F3N6O3. The lowest BCUT2D eigenvalue weighted by Gasteiger charge is -2.28. The van der Waals surface area contributed by atoms with E-state index in [4.69, 9.17) is 9.47 Å². The van der Waals surface area contributed by atoms with Crippen LogP contribution in [-0.2, 0) is 6.18 Å². The maximum absolute atomic E-state index is 13.3. The average molecular weight is 450 g/mol. The third kappa shape index (κ3) is 5.13. The zero-order chi connectivity index (χ0) is 23.3. The summed E-state index contributed by atoms with van der Waals surface area (Å²) in [6.07, 6.45) is 0.606. The number of alkyl halides is 3. The first-order valence-corrected chi connectivity index (χ1v) is 9.62. The molecule has 0 bridgehead atoms. The summed E-state index contributed by atoms with van der Waals surface area (Å²) < 4.78 is 48.7. The van der Waals surface area contributed by atoms with Gasteiger partial charge in [0, 0.05) is 18.8 Å². The van der Waals surface area contributed by atoms with Crippen molar-refractivity contribution in [1.82, 2.24) is 29.9 Å². The first-order valence-electron chi connectivity index (χ1n) is 9.62. The number of carbonyl (C=O) groups is 1. The van der Waals surface area contributed by atoms with Crippen LogP contribution in [0.4, 0.5) is 13.2 Å². The van der Waals surface area contributed by atoms with E-state index in [9.17, 15) is 18.0 Å². The van der Waals surface area contributed by atoms with Gasteiger partial charge in [0.2, 0.25) is 5.88 Å².